The zero-order valence-corrected chi connectivity index (χ0v) is 16.0. The van der Waals surface area contributed by atoms with Crippen molar-refractivity contribution in [3.63, 3.8) is 0 Å². The van der Waals surface area contributed by atoms with Gasteiger partial charge in [0, 0.05) is 31.7 Å². The van der Waals surface area contributed by atoms with Crippen molar-refractivity contribution < 1.29 is 4.79 Å². The van der Waals surface area contributed by atoms with E-state index in [1.807, 2.05) is 36.9 Å². The summed E-state index contributed by atoms with van der Waals surface area (Å²) in [6.45, 7) is 5.66. The zero-order valence-electron chi connectivity index (χ0n) is 16.0. The van der Waals surface area contributed by atoms with Gasteiger partial charge in [0.1, 0.15) is 5.82 Å². The summed E-state index contributed by atoms with van der Waals surface area (Å²) in [6.07, 6.45) is 4.88. The molecule has 0 radical (unpaired) electrons. The van der Waals surface area contributed by atoms with Gasteiger partial charge in [0.15, 0.2) is 5.82 Å². The molecule has 4 rings (SSSR count). The van der Waals surface area contributed by atoms with E-state index in [0.29, 0.717) is 31.0 Å². The largest absolute Gasteiger partial charge is 0.343 e. The third-order valence-corrected chi connectivity index (χ3v) is 5.36. The Balaban J connectivity index is 1.48. The Labute approximate surface area is 162 Å². The summed E-state index contributed by atoms with van der Waals surface area (Å²) in [7, 11) is 0. The van der Waals surface area contributed by atoms with Crippen molar-refractivity contribution >= 4 is 5.91 Å². The van der Waals surface area contributed by atoms with Crippen LogP contribution in [0.5, 0.6) is 0 Å². The lowest BCUT2D eigenvalue weighted by Gasteiger charge is -2.31. The molecule has 1 fully saturated rings. The van der Waals surface area contributed by atoms with Gasteiger partial charge in [-0.3, -0.25) is 9.36 Å². The lowest BCUT2D eigenvalue weighted by Crippen LogP contribution is -2.38. The number of pyridine rings is 1. The van der Waals surface area contributed by atoms with Gasteiger partial charge in [0.25, 0.3) is 5.91 Å². The van der Waals surface area contributed by atoms with Gasteiger partial charge in [-0.05, 0) is 38.8 Å². The molecule has 0 aromatic carbocycles. The number of H-pyrrole nitrogens is 1. The topological polar surface area (TPSA) is 102 Å². The van der Waals surface area contributed by atoms with Crippen LogP contribution >= 0.6 is 0 Å². The molecule has 28 heavy (non-hydrogen) atoms. The maximum atomic E-state index is 13.0. The van der Waals surface area contributed by atoms with Gasteiger partial charge in [-0.25, -0.2) is 19.6 Å². The summed E-state index contributed by atoms with van der Waals surface area (Å²) < 4.78 is 3.35. The summed E-state index contributed by atoms with van der Waals surface area (Å²) in [5.41, 5.74) is 1.20. The van der Waals surface area contributed by atoms with Crippen molar-refractivity contribution in [3.8, 4) is 5.82 Å². The highest BCUT2D eigenvalue weighted by Gasteiger charge is 2.29. The smallest absolute Gasteiger partial charge is 0.338 e. The maximum Gasteiger partial charge on any atom is 0.343 e. The summed E-state index contributed by atoms with van der Waals surface area (Å²) in [6, 6.07) is 5.59. The van der Waals surface area contributed by atoms with Gasteiger partial charge in [0.2, 0.25) is 0 Å². The van der Waals surface area contributed by atoms with Crippen LogP contribution in [0.1, 0.15) is 47.6 Å². The quantitative estimate of drug-likeness (QED) is 0.738. The Morgan fingerprint density at radius 1 is 1.29 bits per heavy atom. The van der Waals surface area contributed by atoms with Crippen LogP contribution in [-0.4, -0.2) is 53.4 Å². The molecular formula is C19H23N7O2. The monoisotopic (exact) mass is 381 g/mol. The molecule has 0 saturated carbocycles. The molecule has 1 aliphatic heterocycles. The lowest BCUT2D eigenvalue weighted by atomic mass is 9.95. The van der Waals surface area contributed by atoms with Gasteiger partial charge in [-0.2, -0.15) is 10.2 Å². The first-order valence-electron chi connectivity index (χ1n) is 9.50. The number of carbonyl (C=O) groups excluding carboxylic acids is 1. The van der Waals surface area contributed by atoms with Gasteiger partial charge < -0.3 is 4.90 Å². The standard InChI is InChI=1S/C19H23N7O2/c1-3-25-17(22-23-19(25)28)14-7-10-24(11-8-14)18(27)15-12-21-26(13(15)2)16-6-4-5-9-20-16/h4-6,9,12,14H,3,7-8,10-11H2,1-2H3,(H,23,28). The Morgan fingerprint density at radius 2 is 2.07 bits per heavy atom. The number of piperidine rings is 1. The van der Waals surface area contributed by atoms with E-state index in [2.05, 4.69) is 20.3 Å². The molecule has 0 bridgehead atoms. The molecule has 4 heterocycles. The van der Waals surface area contributed by atoms with Crippen LogP contribution in [0.25, 0.3) is 5.82 Å². The normalized spacial score (nSPS) is 15.1. The zero-order chi connectivity index (χ0) is 19.7. The molecule has 3 aromatic heterocycles. The highest BCUT2D eigenvalue weighted by molar-refractivity contribution is 5.95. The Kier molecular flexibility index (Phi) is 4.81. The fourth-order valence-electron chi connectivity index (χ4n) is 3.79. The molecule has 0 spiro atoms. The number of aromatic amines is 1. The number of likely N-dealkylation sites (tertiary alicyclic amines) is 1. The maximum absolute atomic E-state index is 13.0. The number of hydrogen-bond acceptors (Lipinski definition) is 5. The molecule has 0 atom stereocenters. The number of nitrogens with one attached hydrogen (secondary N) is 1. The number of amides is 1. The second-order valence-electron chi connectivity index (χ2n) is 6.94. The number of rotatable bonds is 4. The van der Waals surface area contributed by atoms with Gasteiger partial charge >= 0.3 is 5.69 Å². The van der Waals surface area contributed by atoms with Crippen LogP contribution < -0.4 is 5.69 Å². The minimum atomic E-state index is -0.173. The first-order valence-corrected chi connectivity index (χ1v) is 9.50. The van der Waals surface area contributed by atoms with E-state index >= 15 is 0 Å². The summed E-state index contributed by atoms with van der Waals surface area (Å²) in [4.78, 5) is 31.0. The highest BCUT2D eigenvalue weighted by Crippen LogP contribution is 2.27. The number of nitrogens with zero attached hydrogens (tertiary/aromatic N) is 6. The Hall–Kier alpha value is -3.23. The molecule has 1 aliphatic rings. The second kappa shape index (κ2) is 7.41. The average Bonchev–Trinajstić information content (AvgIpc) is 3.30. The molecule has 0 aliphatic carbocycles. The molecule has 1 amide bonds. The molecule has 1 saturated heterocycles. The van der Waals surface area contributed by atoms with Crippen molar-refractivity contribution in [2.24, 2.45) is 0 Å². The van der Waals surface area contributed by atoms with Crippen molar-refractivity contribution in [1.29, 1.82) is 0 Å². The Bertz CT molecular complexity index is 1030. The Morgan fingerprint density at radius 3 is 2.75 bits per heavy atom. The average molecular weight is 381 g/mol. The van der Waals surface area contributed by atoms with Crippen molar-refractivity contribution in [1.82, 2.24) is 34.4 Å². The minimum Gasteiger partial charge on any atom is -0.338 e. The van der Waals surface area contributed by atoms with Crippen LogP contribution in [0, 0.1) is 6.92 Å². The van der Waals surface area contributed by atoms with E-state index < -0.39 is 0 Å². The fraction of sp³-hybridized carbons (Fsp3) is 0.421. The van der Waals surface area contributed by atoms with Crippen LogP contribution in [0.15, 0.2) is 35.4 Å². The number of aromatic nitrogens is 6. The number of carbonyl (C=O) groups is 1. The van der Waals surface area contributed by atoms with Gasteiger partial charge in [0.05, 0.1) is 17.5 Å². The van der Waals surface area contributed by atoms with E-state index in [1.54, 1.807) is 21.6 Å². The van der Waals surface area contributed by atoms with Crippen LogP contribution in [0.4, 0.5) is 0 Å². The fourth-order valence-corrected chi connectivity index (χ4v) is 3.79. The van der Waals surface area contributed by atoms with E-state index in [9.17, 15) is 9.59 Å². The highest BCUT2D eigenvalue weighted by atomic mass is 16.2. The molecule has 0 unspecified atom stereocenters. The first kappa shape index (κ1) is 18.1. The molecule has 146 valence electrons. The molecule has 9 nitrogen and oxygen atoms in total. The summed E-state index contributed by atoms with van der Waals surface area (Å²) >= 11 is 0. The SMILES string of the molecule is CCn1c(C2CCN(C(=O)c3cnn(-c4ccccn4)c3C)CC2)n[nH]c1=O. The third-order valence-electron chi connectivity index (χ3n) is 5.36. The first-order chi connectivity index (χ1) is 13.6. The second-order valence-corrected chi connectivity index (χ2v) is 6.94. The minimum absolute atomic E-state index is 0.0203. The third kappa shape index (κ3) is 3.12. The number of hydrogen-bond donors (Lipinski definition) is 1. The molecule has 9 heteroatoms. The van der Waals surface area contributed by atoms with Crippen molar-refractivity contribution in [2.75, 3.05) is 13.1 Å². The molecular weight excluding hydrogens is 358 g/mol. The lowest BCUT2D eigenvalue weighted by molar-refractivity contribution is 0.0709. The van der Waals surface area contributed by atoms with E-state index in [-0.39, 0.29) is 17.5 Å². The predicted octanol–water partition coefficient (Wildman–Crippen LogP) is 1.50. The molecule has 3 aromatic rings. The van der Waals surface area contributed by atoms with Crippen molar-refractivity contribution in [3.05, 3.63) is 58.2 Å². The van der Waals surface area contributed by atoms with Crippen molar-refractivity contribution in [2.45, 2.75) is 39.2 Å². The van der Waals surface area contributed by atoms with E-state index in [1.165, 1.54) is 0 Å². The molecule has 1 N–H and O–H groups in total. The van der Waals surface area contributed by atoms with Gasteiger partial charge in [-0.15, -0.1) is 0 Å². The van der Waals surface area contributed by atoms with E-state index in [0.717, 1.165) is 24.4 Å². The summed E-state index contributed by atoms with van der Waals surface area (Å²) in [5.74, 6) is 1.64. The summed E-state index contributed by atoms with van der Waals surface area (Å²) in [5, 5.41) is 11.1. The van der Waals surface area contributed by atoms with E-state index in [4.69, 9.17) is 0 Å². The van der Waals surface area contributed by atoms with Crippen LogP contribution in [-0.2, 0) is 6.54 Å². The van der Waals surface area contributed by atoms with Gasteiger partial charge in [-0.1, -0.05) is 6.07 Å². The van der Waals surface area contributed by atoms with Crippen LogP contribution in [0.3, 0.4) is 0 Å². The predicted molar refractivity (Wildman–Crippen MR) is 102 cm³/mol. The van der Waals surface area contributed by atoms with Crippen LogP contribution in [0.2, 0.25) is 0 Å².